The Morgan fingerprint density at radius 2 is 2.05 bits per heavy atom. The molecule has 1 saturated heterocycles. The third-order valence-electron chi connectivity index (χ3n) is 4.98. The summed E-state index contributed by atoms with van der Waals surface area (Å²) in [6.45, 7) is 3.71. The summed E-state index contributed by atoms with van der Waals surface area (Å²) in [6, 6.07) is 2.30. The predicted molar refractivity (Wildman–Crippen MR) is 77.1 cm³/mol. The van der Waals surface area contributed by atoms with Crippen molar-refractivity contribution in [3.63, 3.8) is 0 Å². The Bertz CT molecular complexity index is 395. The summed E-state index contributed by atoms with van der Waals surface area (Å²) in [7, 11) is 0. The van der Waals surface area contributed by atoms with Gasteiger partial charge in [0.05, 0.1) is 25.7 Å². The number of hydrogen-bond donors (Lipinski definition) is 2. The van der Waals surface area contributed by atoms with Gasteiger partial charge in [0.1, 0.15) is 0 Å². The molecule has 1 aromatic heterocycles. The smallest absolute Gasteiger partial charge is 0.0935 e. The maximum atomic E-state index is 5.92. The molecule has 1 saturated carbocycles. The summed E-state index contributed by atoms with van der Waals surface area (Å²) in [5, 5.41) is 0. The highest BCUT2D eigenvalue weighted by Crippen LogP contribution is 2.39. The second-order valence-electron chi connectivity index (χ2n) is 5.97. The van der Waals surface area contributed by atoms with Crippen molar-refractivity contribution < 1.29 is 9.15 Å². The van der Waals surface area contributed by atoms with Gasteiger partial charge >= 0.3 is 0 Å². The highest BCUT2D eigenvalue weighted by molar-refractivity contribution is 5.13. The van der Waals surface area contributed by atoms with Crippen molar-refractivity contribution in [2.75, 3.05) is 26.3 Å². The highest BCUT2D eigenvalue weighted by atomic mass is 16.5. The Hall–Kier alpha value is -0.880. The zero-order valence-electron chi connectivity index (χ0n) is 12.0. The van der Waals surface area contributed by atoms with Gasteiger partial charge in [-0.25, -0.2) is 0 Å². The first kappa shape index (κ1) is 14.1. The molecule has 0 aromatic carbocycles. The number of nitrogens with two attached hydrogens (primary N) is 1. The molecule has 2 aliphatic rings. The van der Waals surface area contributed by atoms with E-state index in [4.69, 9.17) is 15.0 Å². The first-order valence-electron chi connectivity index (χ1n) is 7.65. The van der Waals surface area contributed by atoms with Gasteiger partial charge < -0.3 is 9.15 Å². The van der Waals surface area contributed by atoms with Gasteiger partial charge in [-0.3, -0.25) is 16.2 Å². The van der Waals surface area contributed by atoms with Crippen molar-refractivity contribution in [1.82, 2.24) is 10.3 Å². The van der Waals surface area contributed by atoms with Gasteiger partial charge in [0.15, 0.2) is 0 Å². The fourth-order valence-corrected chi connectivity index (χ4v) is 3.93. The standard InChI is InChI=1S/C15H25N3O2/c16-17-14(11-13-3-8-20-12-13)15(4-1-2-5-15)18-6-9-19-10-7-18/h3,8,12,14,17H,1-2,4-7,9-11,16H2. The second kappa shape index (κ2) is 6.26. The zero-order chi connectivity index (χ0) is 13.8. The zero-order valence-corrected chi connectivity index (χ0v) is 12.0. The molecule has 5 nitrogen and oxygen atoms in total. The molecule has 2 heterocycles. The van der Waals surface area contributed by atoms with E-state index in [1.54, 1.807) is 6.26 Å². The molecular weight excluding hydrogens is 254 g/mol. The molecule has 1 atom stereocenters. The van der Waals surface area contributed by atoms with Gasteiger partial charge in [0.25, 0.3) is 0 Å². The van der Waals surface area contributed by atoms with E-state index in [9.17, 15) is 0 Å². The van der Waals surface area contributed by atoms with Crippen molar-refractivity contribution in [2.24, 2.45) is 5.84 Å². The second-order valence-corrected chi connectivity index (χ2v) is 5.97. The van der Waals surface area contributed by atoms with Crippen LogP contribution in [0.5, 0.6) is 0 Å². The van der Waals surface area contributed by atoms with Crippen LogP contribution in [-0.2, 0) is 11.2 Å². The molecule has 0 spiro atoms. The quantitative estimate of drug-likeness (QED) is 0.628. The number of hydrogen-bond acceptors (Lipinski definition) is 5. The van der Waals surface area contributed by atoms with Crippen LogP contribution in [0.25, 0.3) is 0 Å². The van der Waals surface area contributed by atoms with Crippen LogP contribution in [-0.4, -0.2) is 42.8 Å². The van der Waals surface area contributed by atoms with E-state index in [1.807, 2.05) is 12.3 Å². The number of nitrogens with zero attached hydrogens (tertiary/aromatic N) is 1. The Morgan fingerprint density at radius 3 is 2.65 bits per heavy atom. The van der Waals surface area contributed by atoms with Crippen molar-refractivity contribution in [2.45, 2.75) is 43.7 Å². The van der Waals surface area contributed by atoms with E-state index in [0.29, 0.717) is 0 Å². The summed E-state index contributed by atoms with van der Waals surface area (Å²) in [6.07, 6.45) is 9.51. The Kier molecular flexibility index (Phi) is 4.41. The van der Waals surface area contributed by atoms with E-state index >= 15 is 0 Å². The Balaban J connectivity index is 1.79. The highest BCUT2D eigenvalue weighted by Gasteiger charge is 2.45. The number of nitrogens with one attached hydrogen (secondary N) is 1. The van der Waals surface area contributed by atoms with Crippen LogP contribution >= 0.6 is 0 Å². The van der Waals surface area contributed by atoms with Gasteiger partial charge in [-0.2, -0.15) is 0 Å². The molecule has 0 bridgehead atoms. The lowest BCUT2D eigenvalue weighted by atomic mass is 9.83. The fraction of sp³-hybridized carbons (Fsp3) is 0.733. The topological polar surface area (TPSA) is 63.7 Å². The van der Waals surface area contributed by atoms with Crippen LogP contribution in [0.1, 0.15) is 31.2 Å². The summed E-state index contributed by atoms with van der Waals surface area (Å²) in [5.74, 6) is 5.92. The molecule has 1 aliphatic carbocycles. The molecule has 1 unspecified atom stereocenters. The average Bonchev–Trinajstić information content (AvgIpc) is 3.18. The van der Waals surface area contributed by atoms with E-state index < -0.39 is 0 Å². The normalized spacial score (nSPS) is 24.9. The first-order valence-corrected chi connectivity index (χ1v) is 7.65. The summed E-state index contributed by atoms with van der Waals surface area (Å²) < 4.78 is 10.7. The molecule has 0 radical (unpaired) electrons. The monoisotopic (exact) mass is 279 g/mol. The molecule has 20 heavy (non-hydrogen) atoms. The van der Waals surface area contributed by atoms with Gasteiger partial charge in [0, 0.05) is 24.7 Å². The maximum Gasteiger partial charge on any atom is 0.0935 e. The molecule has 5 heteroatoms. The number of rotatable bonds is 5. The van der Waals surface area contributed by atoms with Crippen LogP contribution in [0.15, 0.2) is 23.0 Å². The molecule has 0 amide bonds. The third-order valence-corrected chi connectivity index (χ3v) is 4.98. The van der Waals surface area contributed by atoms with Crippen LogP contribution < -0.4 is 11.3 Å². The molecule has 1 aliphatic heterocycles. The minimum Gasteiger partial charge on any atom is -0.472 e. The van der Waals surface area contributed by atoms with Crippen LogP contribution in [0.2, 0.25) is 0 Å². The largest absolute Gasteiger partial charge is 0.472 e. The van der Waals surface area contributed by atoms with Crippen molar-refractivity contribution in [3.05, 3.63) is 24.2 Å². The molecule has 2 fully saturated rings. The summed E-state index contributed by atoms with van der Waals surface area (Å²) >= 11 is 0. The Labute approximate surface area is 120 Å². The number of hydrazine groups is 1. The molecule has 3 N–H and O–H groups in total. The average molecular weight is 279 g/mol. The minimum atomic E-state index is 0.176. The van der Waals surface area contributed by atoms with Crippen molar-refractivity contribution >= 4 is 0 Å². The lowest BCUT2D eigenvalue weighted by Crippen LogP contribution is -2.64. The third kappa shape index (κ3) is 2.63. The van der Waals surface area contributed by atoms with E-state index in [1.165, 1.54) is 31.2 Å². The molecule has 3 rings (SSSR count). The number of furan rings is 1. The van der Waals surface area contributed by atoms with E-state index in [2.05, 4.69) is 10.3 Å². The molecule has 112 valence electrons. The minimum absolute atomic E-state index is 0.176. The van der Waals surface area contributed by atoms with Crippen molar-refractivity contribution in [3.8, 4) is 0 Å². The van der Waals surface area contributed by atoms with Gasteiger partial charge in [-0.15, -0.1) is 0 Å². The van der Waals surface area contributed by atoms with E-state index in [0.717, 1.165) is 32.7 Å². The van der Waals surface area contributed by atoms with Crippen LogP contribution in [0.4, 0.5) is 0 Å². The first-order chi connectivity index (χ1) is 9.85. The van der Waals surface area contributed by atoms with Crippen molar-refractivity contribution in [1.29, 1.82) is 0 Å². The summed E-state index contributed by atoms with van der Waals surface area (Å²) in [5.41, 5.74) is 4.49. The molecule has 1 aromatic rings. The number of ether oxygens (including phenoxy) is 1. The lowest BCUT2D eigenvalue weighted by molar-refractivity contribution is -0.0357. The lowest BCUT2D eigenvalue weighted by Gasteiger charge is -2.48. The predicted octanol–water partition coefficient (Wildman–Crippen LogP) is 1.30. The van der Waals surface area contributed by atoms with Crippen LogP contribution in [0.3, 0.4) is 0 Å². The molecular formula is C15H25N3O2. The number of morpholine rings is 1. The summed E-state index contributed by atoms with van der Waals surface area (Å²) in [4.78, 5) is 2.61. The van der Waals surface area contributed by atoms with Gasteiger partial charge in [-0.05, 0) is 30.9 Å². The van der Waals surface area contributed by atoms with Crippen LogP contribution in [0, 0.1) is 0 Å². The Morgan fingerprint density at radius 1 is 1.30 bits per heavy atom. The fourth-order valence-electron chi connectivity index (χ4n) is 3.93. The van der Waals surface area contributed by atoms with Gasteiger partial charge in [-0.1, -0.05) is 12.8 Å². The SMILES string of the molecule is NNC(Cc1ccoc1)C1(N2CCOCC2)CCCC1. The van der Waals surface area contributed by atoms with Gasteiger partial charge in [0.2, 0.25) is 0 Å². The van der Waals surface area contributed by atoms with E-state index in [-0.39, 0.29) is 11.6 Å². The maximum absolute atomic E-state index is 5.92.